The second-order valence-electron chi connectivity index (χ2n) is 6.99. The summed E-state index contributed by atoms with van der Waals surface area (Å²) in [4.78, 5) is 14.8. The van der Waals surface area contributed by atoms with Crippen molar-refractivity contribution >= 4 is 17.7 Å². The van der Waals surface area contributed by atoms with Gasteiger partial charge in [-0.3, -0.25) is 9.36 Å². The van der Waals surface area contributed by atoms with Gasteiger partial charge < -0.3 is 14.4 Å². The van der Waals surface area contributed by atoms with Gasteiger partial charge in [-0.25, -0.2) is 4.39 Å². The summed E-state index contributed by atoms with van der Waals surface area (Å²) >= 11 is 1.47. The minimum Gasteiger partial charge on any atom is -0.378 e. The van der Waals surface area contributed by atoms with Gasteiger partial charge in [0.1, 0.15) is 12.4 Å². The molecule has 2 heterocycles. The number of nitrogens with zero attached hydrogens (tertiary/aromatic N) is 4. The minimum absolute atomic E-state index is 0.0135. The van der Waals surface area contributed by atoms with Crippen LogP contribution in [0, 0.1) is 5.82 Å². The molecular weight excluding hydrogens is 419 g/mol. The van der Waals surface area contributed by atoms with Crippen LogP contribution in [0.4, 0.5) is 4.39 Å². The molecule has 7 nitrogen and oxygen atoms in total. The first-order valence-corrected chi connectivity index (χ1v) is 10.9. The number of carbonyl (C=O) groups is 1. The largest absolute Gasteiger partial charge is 0.378 e. The average molecular weight is 443 g/mol. The van der Waals surface area contributed by atoms with Crippen LogP contribution in [0.25, 0.3) is 5.69 Å². The van der Waals surface area contributed by atoms with Gasteiger partial charge in [0.15, 0.2) is 11.0 Å². The molecule has 3 aromatic rings. The third-order valence-corrected chi connectivity index (χ3v) is 5.94. The lowest BCUT2D eigenvalue weighted by molar-refractivity contribution is 0.0302. The Bertz CT molecular complexity index is 1040. The molecule has 1 aliphatic rings. The van der Waals surface area contributed by atoms with Crippen molar-refractivity contribution in [2.45, 2.75) is 17.5 Å². The third-order valence-electron chi connectivity index (χ3n) is 4.96. The predicted molar refractivity (Wildman–Crippen MR) is 115 cm³/mol. The van der Waals surface area contributed by atoms with Crippen LogP contribution in [0.3, 0.4) is 0 Å². The second kappa shape index (κ2) is 10.0. The third kappa shape index (κ3) is 4.95. The van der Waals surface area contributed by atoms with Crippen molar-refractivity contribution in [3.63, 3.8) is 0 Å². The molecule has 1 aliphatic heterocycles. The number of methoxy groups -OCH3 is 1. The van der Waals surface area contributed by atoms with E-state index in [2.05, 4.69) is 10.2 Å². The number of halogens is 1. The number of hydrogen-bond donors (Lipinski definition) is 0. The number of rotatable bonds is 7. The molecule has 0 unspecified atom stereocenters. The highest BCUT2D eigenvalue weighted by Crippen LogP contribution is 2.27. The first-order chi connectivity index (χ1) is 15.2. The van der Waals surface area contributed by atoms with E-state index in [4.69, 9.17) is 9.47 Å². The molecule has 1 fully saturated rings. The lowest BCUT2D eigenvalue weighted by Crippen LogP contribution is -2.41. The molecule has 0 saturated carbocycles. The lowest BCUT2D eigenvalue weighted by Gasteiger charge is -2.27. The van der Waals surface area contributed by atoms with Gasteiger partial charge in [0.2, 0.25) is 0 Å². The van der Waals surface area contributed by atoms with E-state index in [9.17, 15) is 9.18 Å². The number of thioether (sulfide) groups is 1. The molecule has 9 heteroatoms. The van der Waals surface area contributed by atoms with Crippen molar-refractivity contribution in [1.82, 2.24) is 19.7 Å². The Labute approximate surface area is 184 Å². The van der Waals surface area contributed by atoms with Crippen LogP contribution in [0.5, 0.6) is 0 Å². The molecule has 0 radical (unpaired) electrons. The molecule has 0 aliphatic carbocycles. The summed E-state index contributed by atoms with van der Waals surface area (Å²) in [7, 11) is 1.59. The zero-order valence-electron chi connectivity index (χ0n) is 17.2. The molecule has 0 bridgehead atoms. The maximum atomic E-state index is 13.4. The van der Waals surface area contributed by atoms with E-state index in [0.717, 1.165) is 11.3 Å². The number of amides is 1. The van der Waals surface area contributed by atoms with Crippen molar-refractivity contribution in [3.05, 3.63) is 71.3 Å². The maximum Gasteiger partial charge on any atom is 0.254 e. The molecule has 4 rings (SSSR count). The molecule has 1 amide bonds. The molecular formula is C22H23FN4O3S. The number of ether oxygens (including phenoxy) is 2. The predicted octanol–water partition coefficient (Wildman–Crippen LogP) is 3.32. The zero-order valence-corrected chi connectivity index (χ0v) is 18.0. The van der Waals surface area contributed by atoms with Crippen molar-refractivity contribution in [3.8, 4) is 5.69 Å². The molecule has 0 atom stereocenters. The summed E-state index contributed by atoms with van der Waals surface area (Å²) in [5.74, 6) is 0.863. The van der Waals surface area contributed by atoms with Crippen LogP contribution in [0.15, 0.2) is 53.7 Å². The average Bonchev–Trinajstić information content (AvgIpc) is 3.21. The minimum atomic E-state index is -0.310. The van der Waals surface area contributed by atoms with E-state index < -0.39 is 0 Å². The molecule has 0 spiro atoms. The van der Waals surface area contributed by atoms with Gasteiger partial charge in [-0.05, 0) is 35.9 Å². The highest BCUT2D eigenvalue weighted by Gasteiger charge is 2.21. The van der Waals surface area contributed by atoms with Gasteiger partial charge in [0.25, 0.3) is 5.91 Å². The number of hydrogen-bond acceptors (Lipinski definition) is 6. The van der Waals surface area contributed by atoms with E-state index in [1.807, 2.05) is 33.7 Å². The van der Waals surface area contributed by atoms with Gasteiger partial charge >= 0.3 is 0 Å². The zero-order chi connectivity index (χ0) is 21.6. The van der Waals surface area contributed by atoms with Crippen LogP contribution >= 0.6 is 11.8 Å². The van der Waals surface area contributed by atoms with Crippen LogP contribution in [0.2, 0.25) is 0 Å². The summed E-state index contributed by atoms with van der Waals surface area (Å²) in [5, 5.41) is 9.18. The van der Waals surface area contributed by atoms with Gasteiger partial charge in [-0.1, -0.05) is 30.0 Å². The Morgan fingerprint density at radius 2 is 1.87 bits per heavy atom. The Morgan fingerprint density at radius 1 is 1.13 bits per heavy atom. The summed E-state index contributed by atoms with van der Waals surface area (Å²) in [6.45, 7) is 2.59. The molecule has 2 aromatic carbocycles. The van der Waals surface area contributed by atoms with Crippen molar-refractivity contribution in [2.24, 2.45) is 0 Å². The topological polar surface area (TPSA) is 69.5 Å². The standard InChI is InChI=1S/C22H23FN4O3S/c1-29-14-20-24-25-22(27(20)18-8-6-17(23)7-9-18)31-15-16-4-2-3-5-19(16)21(28)26-10-12-30-13-11-26/h2-9H,10-15H2,1H3. The van der Waals surface area contributed by atoms with E-state index in [1.54, 1.807) is 19.2 Å². The first kappa shape index (κ1) is 21.5. The second-order valence-corrected chi connectivity index (χ2v) is 7.94. The summed E-state index contributed by atoms with van der Waals surface area (Å²) < 4.78 is 25.9. The Balaban J connectivity index is 1.57. The number of carbonyl (C=O) groups excluding carboxylic acids is 1. The van der Waals surface area contributed by atoms with Gasteiger partial charge in [-0.15, -0.1) is 10.2 Å². The Kier molecular flexibility index (Phi) is 6.96. The van der Waals surface area contributed by atoms with Crippen molar-refractivity contribution in [2.75, 3.05) is 33.4 Å². The molecule has 1 saturated heterocycles. The fourth-order valence-electron chi connectivity index (χ4n) is 3.40. The van der Waals surface area contributed by atoms with Crippen molar-refractivity contribution in [1.29, 1.82) is 0 Å². The normalized spacial score (nSPS) is 14.1. The fraction of sp³-hybridized carbons (Fsp3) is 0.318. The fourth-order valence-corrected chi connectivity index (χ4v) is 4.37. The van der Waals surface area contributed by atoms with Crippen LogP contribution in [-0.4, -0.2) is 59.0 Å². The molecule has 31 heavy (non-hydrogen) atoms. The lowest BCUT2D eigenvalue weighted by atomic mass is 10.1. The molecule has 1 aromatic heterocycles. The van der Waals surface area contributed by atoms with E-state index in [-0.39, 0.29) is 18.3 Å². The summed E-state index contributed by atoms with van der Waals surface area (Å²) in [6, 6.07) is 13.8. The summed E-state index contributed by atoms with van der Waals surface area (Å²) in [6.07, 6.45) is 0. The van der Waals surface area contributed by atoms with Crippen LogP contribution in [-0.2, 0) is 21.8 Å². The van der Waals surface area contributed by atoms with Crippen LogP contribution in [0.1, 0.15) is 21.7 Å². The smallest absolute Gasteiger partial charge is 0.254 e. The van der Waals surface area contributed by atoms with Gasteiger partial charge in [-0.2, -0.15) is 0 Å². The van der Waals surface area contributed by atoms with Crippen molar-refractivity contribution < 1.29 is 18.7 Å². The van der Waals surface area contributed by atoms with E-state index >= 15 is 0 Å². The summed E-state index contributed by atoms with van der Waals surface area (Å²) in [5.41, 5.74) is 2.35. The number of morpholine rings is 1. The van der Waals surface area contributed by atoms with E-state index in [1.165, 1.54) is 23.9 Å². The Hall–Kier alpha value is -2.75. The maximum absolute atomic E-state index is 13.4. The number of benzene rings is 2. The van der Waals surface area contributed by atoms with Crippen LogP contribution < -0.4 is 0 Å². The van der Waals surface area contributed by atoms with E-state index in [0.29, 0.717) is 48.6 Å². The highest BCUT2D eigenvalue weighted by atomic mass is 32.2. The van der Waals surface area contributed by atoms with Gasteiger partial charge in [0.05, 0.1) is 13.2 Å². The highest BCUT2D eigenvalue weighted by molar-refractivity contribution is 7.98. The quantitative estimate of drug-likeness (QED) is 0.523. The first-order valence-electron chi connectivity index (χ1n) is 9.94. The molecule has 162 valence electrons. The molecule has 0 N–H and O–H groups in total. The number of aromatic nitrogens is 3. The monoisotopic (exact) mass is 442 g/mol. The SMILES string of the molecule is COCc1nnc(SCc2ccccc2C(=O)N2CCOCC2)n1-c1ccc(F)cc1. The Morgan fingerprint density at radius 3 is 2.61 bits per heavy atom. The van der Waals surface area contributed by atoms with Gasteiger partial charge in [0, 0.05) is 37.2 Å².